The zero-order chi connectivity index (χ0) is 22.8. The molecular formula is C27H27N3O2S. The first-order chi connectivity index (χ1) is 16.1. The highest BCUT2D eigenvalue weighted by Gasteiger charge is 2.26. The number of urea groups is 1. The second kappa shape index (κ2) is 9.32. The van der Waals surface area contributed by atoms with Gasteiger partial charge in [-0.15, -0.1) is 11.8 Å². The maximum atomic E-state index is 12.8. The van der Waals surface area contributed by atoms with Crippen LogP contribution in [0.3, 0.4) is 0 Å². The van der Waals surface area contributed by atoms with E-state index in [4.69, 9.17) is 0 Å². The summed E-state index contributed by atoms with van der Waals surface area (Å²) < 4.78 is 0. The molecule has 0 bridgehead atoms. The van der Waals surface area contributed by atoms with Gasteiger partial charge in [0.15, 0.2) is 0 Å². The van der Waals surface area contributed by atoms with Gasteiger partial charge in [0.1, 0.15) is 0 Å². The molecule has 0 aromatic heterocycles. The van der Waals surface area contributed by atoms with Crippen LogP contribution >= 0.6 is 11.8 Å². The molecule has 6 heteroatoms. The van der Waals surface area contributed by atoms with Crippen LogP contribution in [0.15, 0.2) is 71.6 Å². The number of amides is 3. The Hall–Kier alpha value is -3.25. The number of fused-ring (bicyclic) bond motifs is 2. The van der Waals surface area contributed by atoms with Crippen molar-refractivity contribution in [3.8, 4) is 0 Å². The third-order valence-electron chi connectivity index (χ3n) is 6.30. The quantitative estimate of drug-likeness (QED) is 0.518. The monoisotopic (exact) mass is 457 g/mol. The molecule has 1 aliphatic heterocycles. The van der Waals surface area contributed by atoms with Crippen LogP contribution in [0.4, 0.5) is 16.2 Å². The van der Waals surface area contributed by atoms with E-state index < -0.39 is 0 Å². The topological polar surface area (TPSA) is 61.4 Å². The van der Waals surface area contributed by atoms with Crippen molar-refractivity contribution in [3.05, 3.63) is 89.0 Å². The van der Waals surface area contributed by atoms with Crippen LogP contribution in [0.1, 0.15) is 41.1 Å². The van der Waals surface area contributed by atoms with Gasteiger partial charge in [0, 0.05) is 10.6 Å². The van der Waals surface area contributed by atoms with Gasteiger partial charge in [-0.05, 0) is 61.1 Å². The molecule has 0 saturated heterocycles. The van der Waals surface area contributed by atoms with Crippen LogP contribution in [-0.4, -0.2) is 17.7 Å². The van der Waals surface area contributed by atoms with E-state index in [1.165, 1.54) is 16.7 Å². The molecule has 3 aromatic rings. The summed E-state index contributed by atoms with van der Waals surface area (Å²) in [5.41, 5.74) is 6.31. The second-order valence-electron chi connectivity index (χ2n) is 8.68. The summed E-state index contributed by atoms with van der Waals surface area (Å²) >= 11 is 1.54. The van der Waals surface area contributed by atoms with Crippen molar-refractivity contribution in [2.45, 2.75) is 43.7 Å². The van der Waals surface area contributed by atoms with Gasteiger partial charge in [0.05, 0.1) is 24.0 Å². The van der Waals surface area contributed by atoms with Crippen LogP contribution in [0.5, 0.6) is 0 Å². The fraction of sp³-hybridized carbons (Fsp3) is 0.259. The molecule has 0 fully saturated rings. The Morgan fingerprint density at radius 3 is 2.76 bits per heavy atom. The van der Waals surface area contributed by atoms with E-state index in [1.54, 1.807) is 11.8 Å². The first kappa shape index (κ1) is 21.6. The molecule has 0 saturated carbocycles. The lowest BCUT2D eigenvalue weighted by atomic mass is 9.88. The minimum absolute atomic E-state index is 0.0164. The van der Waals surface area contributed by atoms with Gasteiger partial charge >= 0.3 is 6.03 Å². The fourth-order valence-corrected chi connectivity index (χ4v) is 5.47. The van der Waals surface area contributed by atoms with E-state index in [1.807, 2.05) is 29.2 Å². The van der Waals surface area contributed by atoms with Gasteiger partial charge in [-0.2, -0.15) is 0 Å². The molecule has 1 unspecified atom stereocenters. The third kappa shape index (κ3) is 4.76. The van der Waals surface area contributed by atoms with Gasteiger partial charge in [-0.3, -0.25) is 4.79 Å². The Bertz CT molecular complexity index is 1190. The Labute approximate surface area is 198 Å². The minimum atomic E-state index is -0.225. The van der Waals surface area contributed by atoms with E-state index in [0.717, 1.165) is 35.4 Å². The lowest BCUT2D eigenvalue weighted by molar-refractivity contribution is -0.116. The van der Waals surface area contributed by atoms with Gasteiger partial charge in [-0.25, -0.2) is 4.79 Å². The summed E-state index contributed by atoms with van der Waals surface area (Å²) in [7, 11) is 0. The van der Waals surface area contributed by atoms with Crippen molar-refractivity contribution in [1.29, 1.82) is 0 Å². The Morgan fingerprint density at radius 1 is 1.09 bits per heavy atom. The van der Waals surface area contributed by atoms with Gasteiger partial charge in [0.25, 0.3) is 0 Å². The van der Waals surface area contributed by atoms with E-state index in [-0.39, 0.29) is 18.0 Å². The molecule has 1 aliphatic carbocycles. The number of carbonyl (C=O) groups is 2. The smallest absolute Gasteiger partial charge is 0.319 e. The van der Waals surface area contributed by atoms with Crippen molar-refractivity contribution in [3.63, 3.8) is 0 Å². The Balaban J connectivity index is 1.32. The molecule has 3 amide bonds. The van der Waals surface area contributed by atoms with E-state index in [9.17, 15) is 9.59 Å². The molecule has 33 heavy (non-hydrogen) atoms. The minimum Gasteiger partial charge on any atom is -0.331 e. The number of hydrogen-bond donors (Lipinski definition) is 2. The molecule has 2 N–H and O–H groups in total. The van der Waals surface area contributed by atoms with Crippen molar-refractivity contribution in [2.75, 3.05) is 16.0 Å². The average Bonchev–Trinajstić information content (AvgIpc) is 2.82. The van der Waals surface area contributed by atoms with Crippen LogP contribution in [0, 0.1) is 6.92 Å². The number of benzene rings is 3. The highest BCUT2D eigenvalue weighted by molar-refractivity contribution is 8.00. The predicted molar refractivity (Wildman–Crippen MR) is 134 cm³/mol. The van der Waals surface area contributed by atoms with E-state index in [0.29, 0.717) is 18.0 Å². The zero-order valence-corrected chi connectivity index (χ0v) is 19.5. The van der Waals surface area contributed by atoms with Crippen molar-refractivity contribution >= 4 is 35.1 Å². The number of aryl methyl sites for hydroxylation is 2. The zero-order valence-electron chi connectivity index (χ0n) is 18.6. The van der Waals surface area contributed by atoms with E-state index >= 15 is 0 Å². The maximum Gasteiger partial charge on any atom is 0.319 e. The van der Waals surface area contributed by atoms with Gasteiger partial charge in [-0.1, -0.05) is 54.1 Å². The van der Waals surface area contributed by atoms with Crippen molar-refractivity contribution < 1.29 is 9.59 Å². The number of thioether (sulfide) groups is 1. The summed E-state index contributed by atoms with van der Waals surface area (Å²) in [4.78, 5) is 28.4. The SMILES string of the molecule is Cc1ccc(CN2C(=O)CSc3ccc(NC(=O)NC4CCCc5ccccc54)cc32)cc1. The first-order valence-electron chi connectivity index (χ1n) is 11.3. The summed E-state index contributed by atoms with van der Waals surface area (Å²) in [6.07, 6.45) is 3.06. The summed E-state index contributed by atoms with van der Waals surface area (Å²) in [5, 5.41) is 6.11. The lowest BCUT2D eigenvalue weighted by Crippen LogP contribution is -2.35. The predicted octanol–water partition coefficient (Wildman–Crippen LogP) is 5.83. The Morgan fingerprint density at radius 2 is 1.91 bits per heavy atom. The van der Waals surface area contributed by atoms with Crippen LogP contribution < -0.4 is 15.5 Å². The van der Waals surface area contributed by atoms with Gasteiger partial charge < -0.3 is 15.5 Å². The highest BCUT2D eigenvalue weighted by Crippen LogP contribution is 2.38. The van der Waals surface area contributed by atoms with Crippen molar-refractivity contribution in [1.82, 2.24) is 5.32 Å². The number of rotatable bonds is 4. The second-order valence-corrected chi connectivity index (χ2v) is 9.70. The number of hydrogen-bond acceptors (Lipinski definition) is 3. The van der Waals surface area contributed by atoms with Gasteiger partial charge in [0.2, 0.25) is 5.91 Å². The molecule has 1 atom stereocenters. The molecule has 2 aliphatic rings. The largest absolute Gasteiger partial charge is 0.331 e. The maximum absolute atomic E-state index is 12.8. The molecule has 0 radical (unpaired) electrons. The third-order valence-corrected chi connectivity index (χ3v) is 7.34. The normalized spacial score (nSPS) is 17.2. The van der Waals surface area contributed by atoms with Crippen LogP contribution in [-0.2, 0) is 17.8 Å². The van der Waals surface area contributed by atoms with Crippen LogP contribution in [0.2, 0.25) is 0 Å². The summed E-state index contributed by atoms with van der Waals surface area (Å²) in [5.74, 6) is 0.501. The average molecular weight is 458 g/mol. The number of anilines is 2. The lowest BCUT2D eigenvalue weighted by Gasteiger charge is -2.30. The van der Waals surface area contributed by atoms with Crippen molar-refractivity contribution in [2.24, 2.45) is 0 Å². The fourth-order valence-electron chi connectivity index (χ4n) is 4.56. The molecular weight excluding hydrogens is 430 g/mol. The summed E-state index contributed by atoms with van der Waals surface area (Å²) in [6.45, 7) is 2.57. The molecule has 168 valence electrons. The highest BCUT2D eigenvalue weighted by atomic mass is 32.2. The molecule has 5 rings (SSSR count). The van der Waals surface area contributed by atoms with E-state index in [2.05, 4.69) is 60.0 Å². The molecule has 5 nitrogen and oxygen atoms in total. The standard InChI is InChI=1S/C27H27N3O2S/c1-18-9-11-19(12-10-18)16-30-24-15-21(13-14-25(24)33-17-26(30)31)28-27(32)29-23-8-4-6-20-5-2-3-7-22(20)23/h2-3,5,7,9-15,23H,4,6,8,16-17H2,1H3,(H2,28,29,32). The first-order valence-corrected chi connectivity index (χ1v) is 12.3. The summed E-state index contributed by atoms with van der Waals surface area (Å²) in [6, 6.07) is 22.1. The van der Waals surface area contributed by atoms with Crippen LogP contribution in [0.25, 0.3) is 0 Å². The Kier molecular flexibility index (Phi) is 6.09. The number of nitrogens with zero attached hydrogens (tertiary/aromatic N) is 1. The molecule has 1 heterocycles. The number of carbonyl (C=O) groups excluding carboxylic acids is 2. The molecule has 0 spiro atoms. The molecule has 3 aromatic carbocycles. The number of nitrogens with one attached hydrogen (secondary N) is 2.